The molecular weight excluding hydrogens is 374 g/mol. The van der Waals surface area contributed by atoms with Crippen molar-refractivity contribution in [2.45, 2.75) is 20.3 Å². The Hall–Kier alpha value is -3.68. The summed E-state index contributed by atoms with van der Waals surface area (Å²) in [6, 6.07) is 11.6. The molecule has 0 bridgehead atoms. The first-order valence-corrected chi connectivity index (χ1v) is 9.09. The highest BCUT2D eigenvalue weighted by atomic mass is 16.5. The molecule has 1 aliphatic rings. The maximum Gasteiger partial charge on any atom is 0.265 e. The van der Waals surface area contributed by atoms with Crippen molar-refractivity contribution in [3.05, 3.63) is 48.0 Å². The molecule has 29 heavy (non-hydrogen) atoms. The van der Waals surface area contributed by atoms with Gasteiger partial charge in [0.1, 0.15) is 5.75 Å². The van der Waals surface area contributed by atoms with Gasteiger partial charge in [-0.25, -0.2) is 0 Å². The summed E-state index contributed by atoms with van der Waals surface area (Å²) >= 11 is 0. The molecule has 0 saturated heterocycles. The highest BCUT2D eigenvalue weighted by Crippen LogP contribution is 2.33. The lowest BCUT2D eigenvalue weighted by Gasteiger charge is -2.29. The monoisotopic (exact) mass is 395 g/mol. The lowest BCUT2D eigenvalue weighted by molar-refractivity contribution is -0.121. The SMILES string of the molecule is CC(=O)Nc1ccc(NC(=O)CCN2C(=O)COc3ccc(C(C)=O)cc32)cc1. The number of rotatable bonds is 6. The molecule has 0 aliphatic carbocycles. The van der Waals surface area contributed by atoms with E-state index >= 15 is 0 Å². The topological polar surface area (TPSA) is 105 Å². The number of carbonyl (C=O) groups is 4. The molecule has 0 saturated carbocycles. The number of carbonyl (C=O) groups excluding carboxylic acids is 4. The van der Waals surface area contributed by atoms with Crippen LogP contribution in [0, 0.1) is 0 Å². The molecule has 0 spiro atoms. The van der Waals surface area contributed by atoms with E-state index in [-0.39, 0.29) is 43.1 Å². The van der Waals surface area contributed by atoms with Gasteiger partial charge in [-0.3, -0.25) is 19.2 Å². The van der Waals surface area contributed by atoms with Crippen LogP contribution < -0.4 is 20.3 Å². The number of amides is 3. The number of Topliss-reactive ketones (excluding diaryl/α,β-unsaturated/α-hetero) is 1. The number of nitrogens with one attached hydrogen (secondary N) is 2. The average Bonchev–Trinajstić information content (AvgIpc) is 2.68. The Balaban J connectivity index is 1.64. The first kappa shape index (κ1) is 20.1. The maximum atomic E-state index is 12.3. The van der Waals surface area contributed by atoms with Crippen molar-refractivity contribution in [2.24, 2.45) is 0 Å². The quantitative estimate of drug-likeness (QED) is 0.732. The van der Waals surface area contributed by atoms with E-state index in [1.54, 1.807) is 42.5 Å². The average molecular weight is 395 g/mol. The lowest BCUT2D eigenvalue weighted by Crippen LogP contribution is -2.40. The summed E-state index contributed by atoms with van der Waals surface area (Å²) in [5.74, 6) is -0.327. The number of hydrogen-bond acceptors (Lipinski definition) is 5. The van der Waals surface area contributed by atoms with Gasteiger partial charge in [0.2, 0.25) is 11.8 Å². The van der Waals surface area contributed by atoms with Gasteiger partial charge in [0.05, 0.1) is 5.69 Å². The third kappa shape index (κ3) is 4.98. The normalized spacial score (nSPS) is 12.6. The molecule has 0 atom stereocenters. The molecule has 2 aromatic carbocycles. The van der Waals surface area contributed by atoms with Crippen molar-refractivity contribution in [3.8, 4) is 5.75 Å². The van der Waals surface area contributed by atoms with Gasteiger partial charge in [-0.1, -0.05) is 0 Å². The van der Waals surface area contributed by atoms with Gasteiger partial charge in [0.25, 0.3) is 5.91 Å². The van der Waals surface area contributed by atoms with Crippen LogP contribution in [0.2, 0.25) is 0 Å². The fraction of sp³-hybridized carbons (Fsp3) is 0.238. The molecule has 2 N–H and O–H groups in total. The van der Waals surface area contributed by atoms with Gasteiger partial charge >= 0.3 is 0 Å². The highest BCUT2D eigenvalue weighted by Gasteiger charge is 2.26. The predicted octanol–water partition coefficient (Wildman–Crippen LogP) is 2.60. The Morgan fingerprint density at radius 3 is 2.28 bits per heavy atom. The summed E-state index contributed by atoms with van der Waals surface area (Å²) in [6.07, 6.45) is 0.0723. The first-order chi connectivity index (χ1) is 13.8. The number of anilines is 3. The molecule has 8 nitrogen and oxygen atoms in total. The van der Waals surface area contributed by atoms with Crippen molar-refractivity contribution in [2.75, 3.05) is 28.7 Å². The number of fused-ring (bicyclic) bond motifs is 1. The van der Waals surface area contributed by atoms with E-state index in [1.165, 1.54) is 18.7 Å². The summed E-state index contributed by atoms with van der Waals surface area (Å²) in [4.78, 5) is 48.7. The number of hydrogen-bond donors (Lipinski definition) is 2. The molecule has 150 valence electrons. The fourth-order valence-corrected chi connectivity index (χ4v) is 2.94. The number of benzene rings is 2. The molecular formula is C21H21N3O5. The van der Waals surface area contributed by atoms with E-state index in [1.807, 2.05) is 0 Å². The van der Waals surface area contributed by atoms with Gasteiger partial charge in [0.15, 0.2) is 12.4 Å². The van der Waals surface area contributed by atoms with Crippen LogP contribution >= 0.6 is 0 Å². The fourth-order valence-electron chi connectivity index (χ4n) is 2.94. The second-order valence-electron chi connectivity index (χ2n) is 6.63. The number of nitrogens with zero attached hydrogens (tertiary/aromatic N) is 1. The Morgan fingerprint density at radius 1 is 1.00 bits per heavy atom. The van der Waals surface area contributed by atoms with Crippen molar-refractivity contribution in [1.82, 2.24) is 0 Å². The number of ether oxygens (including phenoxy) is 1. The van der Waals surface area contributed by atoms with E-state index in [9.17, 15) is 19.2 Å². The summed E-state index contributed by atoms with van der Waals surface area (Å²) < 4.78 is 5.41. The Bertz CT molecular complexity index is 969. The van der Waals surface area contributed by atoms with Crippen LogP contribution in [0.3, 0.4) is 0 Å². The molecule has 1 heterocycles. The van der Waals surface area contributed by atoms with Gasteiger partial charge in [-0.15, -0.1) is 0 Å². The van der Waals surface area contributed by atoms with Gasteiger partial charge in [-0.05, 0) is 49.4 Å². The third-order valence-corrected chi connectivity index (χ3v) is 4.36. The van der Waals surface area contributed by atoms with Gasteiger partial charge < -0.3 is 20.3 Å². The second-order valence-corrected chi connectivity index (χ2v) is 6.63. The highest BCUT2D eigenvalue weighted by molar-refractivity contribution is 6.02. The minimum atomic E-state index is -0.273. The molecule has 0 radical (unpaired) electrons. The Labute approximate surface area is 167 Å². The molecule has 3 amide bonds. The van der Waals surface area contributed by atoms with Crippen molar-refractivity contribution >= 4 is 40.6 Å². The third-order valence-electron chi connectivity index (χ3n) is 4.36. The van der Waals surface area contributed by atoms with Crippen LogP contribution in [0.25, 0.3) is 0 Å². The smallest absolute Gasteiger partial charge is 0.265 e. The molecule has 0 unspecified atom stereocenters. The van der Waals surface area contributed by atoms with Crippen molar-refractivity contribution in [1.29, 1.82) is 0 Å². The van der Waals surface area contributed by atoms with Gasteiger partial charge in [-0.2, -0.15) is 0 Å². The summed E-state index contributed by atoms with van der Waals surface area (Å²) in [5.41, 5.74) is 2.17. The minimum Gasteiger partial charge on any atom is -0.482 e. The lowest BCUT2D eigenvalue weighted by atomic mass is 10.1. The zero-order valence-electron chi connectivity index (χ0n) is 16.2. The second kappa shape index (κ2) is 8.55. The van der Waals surface area contributed by atoms with E-state index in [2.05, 4.69) is 10.6 Å². The van der Waals surface area contributed by atoms with Crippen molar-refractivity contribution < 1.29 is 23.9 Å². The van der Waals surface area contributed by atoms with Crippen LogP contribution in [-0.2, 0) is 14.4 Å². The minimum absolute atomic E-state index is 0.0723. The number of ketones is 1. The molecule has 2 aromatic rings. The van der Waals surface area contributed by atoms with Crippen molar-refractivity contribution in [3.63, 3.8) is 0 Å². The largest absolute Gasteiger partial charge is 0.482 e. The standard InChI is InChI=1S/C21H21N3O5/c1-13(25)15-3-8-19-18(11-15)24(21(28)12-29-19)10-9-20(27)23-17-6-4-16(5-7-17)22-14(2)26/h3-8,11H,9-10,12H2,1-2H3,(H,22,26)(H,23,27). The van der Waals surface area contributed by atoms with Crippen LogP contribution in [0.5, 0.6) is 5.75 Å². The van der Waals surface area contributed by atoms with E-state index < -0.39 is 0 Å². The zero-order valence-corrected chi connectivity index (χ0v) is 16.2. The molecule has 0 fully saturated rings. The maximum absolute atomic E-state index is 12.3. The van der Waals surface area contributed by atoms with Gasteiger partial charge in [0, 0.05) is 36.8 Å². The van der Waals surface area contributed by atoms with E-state index in [4.69, 9.17) is 4.74 Å². The van der Waals surface area contributed by atoms with Crippen LogP contribution in [0.4, 0.5) is 17.1 Å². The molecule has 8 heteroatoms. The predicted molar refractivity (Wildman–Crippen MR) is 108 cm³/mol. The summed E-state index contributed by atoms with van der Waals surface area (Å²) in [5, 5.41) is 5.40. The molecule has 1 aliphatic heterocycles. The van der Waals surface area contributed by atoms with Crippen LogP contribution in [0.1, 0.15) is 30.6 Å². The molecule has 3 rings (SSSR count). The first-order valence-electron chi connectivity index (χ1n) is 9.09. The Morgan fingerprint density at radius 2 is 1.66 bits per heavy atom. The van der Waals surface area contributed by atoms with E-state index in [0.29, 0.717) is 28.4 Å². The molecule has 0 aromatic heterocycles. The summed E-state index contributed by atoms with van der Waals surface area (Å²) in [7, 11) is 0. The van der Waals surface area contributed by atoms with Crippen LogP contribution in [-0.4, -0.2) is 36.7 Å². The zero-order chi connectivity index (χ0) is 21.0. The summed E-state index contributed by atoms with van der Waals surface area (Å²) in [6.45, 7) is 2.91. The Kier molecular flexibility index (Phi) is 5.92. The van der Waals surface area contributed by atoms with E-state index in [0.717, 1.165) is 0 Å². The van der Waals surface area contributed by atoms with Crippen LogP contribution in [0.15, 0.2) is 42.5 Å².